The number of ether oxygens (including phenoxy) is 1. The lowest BCUT2D eigenvalue weighted by molar-refractivity contribution is 0.00198. The minimum Gasteiger partial charge on any atom is -0.461 e. The van der Waals surface area contributed by atoms with E-state index in [0.29, 0.717) is 35.9 Å². The van der Waals surface area contributed by atoms with E-state index >= 15 is 0 Å². The predicted molar refractivity (Wildman–Crippen MR) is 79.6 cm³/mol. The molecule has 4 heterocycles. The molecule has 2 aromatic heterocycles. The van der Waals surface area contributed by atoms with Gasteiger partial charge in [-0.1, -0.05) is 19.0 Å². The number of aromatic nitrogens is 2. The quantitative estimate of drug-likeness (QED) is 0.938. The molecule has 0 aromatic carbocycles. The van der Waals surface area contributed by atoms with Gasteiger partial charge in [0.15, 0.2) is 5.76 Å². The molecule has 0 radical (unpaired) electrons. The maximum absolute atomic E-state index is 5.71. The second kappa shape index (κ2) is 5.21. The molecular weight excluding hydrogens is 282 g/mol. The summed E-state index contributed by atoms with van der Waals surface area (Å²) in [5.41, 5.74) is 0.916. The average molecular weight is 303 g/mol. The fraction of sp³-hybridized carbons (Fsp3) is 0.625. The van der Waals surface area contributed by atoms with E-state index in [9.17, 15) is 0 Å². The molecule has 22 heavy (non-hydrogen) atoms. The minimum atomic E-state index is -0.186. The first kappa shape index (κ1) is 14.0. The Kier molecular flexibility index (Phi) is 3.31. The third kappa shape index (κ3) is 2.01. The van der Waals surface area contributed by atoms with Crippen molar-refractivity contribution in [2.75, 3.05) is 26.3 Å². The van der Waals surface area contributed by atoms with Gasteiger partial charge in [0.05, 0.1) is 18.3 Å². The molecule has 2 atom stereocenters. The summed E-state index contributed by atoms with van der Waals surface area (Å²) in [5, 5.41) is 7.61. The van der Waals surface area contributed by atoms with E-state index in [-0.39, 0.29) is 5.41 Å². The van der Waals surface area contributed by atoms with E-state index in [4.69, 9.17) is 13.7 Å². The van der Waals surface area contributed by atoms with Gasteiger partial charge >= 0.3 is 0 Å². The fourth-order valence-corrected chi connectivity index (χ4v) is 3.62. The Balaban J connectivity index is 1.71. The maximum Gasteiger partial charge on any atom is 0.238 e. The van der Waals surface area contributed by atoms with Crippen LogP contribution in [0, 0.1) is 5.92 Å². The van der Waals surface area contributed by atoms with Crippen LogP contribution in [0.1, 0.15) is 37.6 Å². The van der Waals surface area contributed by atoms with Crippen molar-refractivity contribution >= 4 is 0 Å². The molecule has 6 nitrogen and oxygen atoms in total. The number of hydrogen-bond donors (Lipinski definition) is 1. The topological polar surface area (TPSA) is 73.3 Å². The SMILES string of the molecule is CC(C)c1ccoc1-c1noc([C@]23CNC[C@H]2CCOC3)n1. The Morgan fingerprint density at radius 2 is 2.32 bits per heavy atom. The van der Waals surface area contributed by atoms with Gasteiger partial charge in [0.1, 0.15) is 0 Å². The lowest BCUT2D eigenvalue weighted by atomic mass is 9.75. The van der Waals surface area contributed by atoms with Gasteiger partial charge in [0, 0.05) is 18.7 Å². The highest BCUT2D eigenvalue weighted by Crippen LogP contribution is 2.40. The van der Waals surface area contributed by atoms with Crippen molar-refractivity contribution < 1.29 is 13.7 Å². The van der Waals surface area contributed by atoms with Crippen LogP contribution < -0.4 is 5.32 Å². The molecule has 2 aliphatic rings. The Morgan fingerprint density at radius 1 is 1.41 bits per heavy atom. The summed E-state index contributed by atoms with van der Waals surface area (Å²) in [6, 6.07) is 1.97. The lowest BCUT2D eigenvalue weighted by Crippen LogP contribution is -2.44. The van der Waals surface area contributed by atoms with Gasteiger partial charge < -0.3 is 19.0 Å². The molecule has 2 aliphatic heterocycles. The number of fused-ring (bicyclic) bond motifs is 1. The lowest BCUT2D eigenvalue weighted by Gasteiger charge is -2.34. The summed E-state index contributed by atoms with van der Waals surface area (Å²) in [7, 11) is 0. The van der Waals surface area contributed by atoms with E-state index in [2.05, 4.69) is 29.3 Å². The van der Waals surface area contributed by atoms with E-state index < -0.39 is 0 Å². The monoisotopic (exact) mass is 303 g/mol. The minimum absolute atomic E-state index is 0.186. The van der Waals surface area contributed by atoms with E-state index in [1.807, 2.05) is 6.07 Å². The molecule has 6 heteroatoms. The molecule has 118 valence electrons. The molecule has 0 saturated carbocycles. The van der Waals surface area contributed by atoms with Gasteiger partial charge in [-0.2, -0.15) is 4.98 Å². The second-order valence-corrected chi connectivity index (χ2v) is 6.61. The van der Waals surface area contributed by atoms with E-state index in [1.165, 1.54) is 0 Å². The largest absolute Gasteiger partial charge is 0.461 e. The number of nitrogens with zero attached hydrogens (tertiary/aromatic N) is 2. The standard InChI is InChI=1S/C16H21N3O3/c1-10(2)12-4-6-21-13(12)14-18-15(22-19-14)16-8-17-7-11(16)3-5-20-9-16/h4,6,10-11,17H,3,5,7-9H2,1-2H3/t11-,16+/m1/s1. The van der Waals surface area contributed by atoms with Gasteiger partial charge in [-0.05, 0) is 30.9 Å². The molecule has 0 unspecified atom stereocenters. The predicted octanol–water partition coefficient (Wildman–Crippen LogP) is 2.33. The number of hydrogen-bond acceptors (Lipinski definition) is 6. The van der Waals surface area contributed by atoms with E-state index in [1.54, 1.807) is 6.26 Å². The van der Waals surface area contributed by atoms with Crippen LogP contribution in [0.2, 0.25) is 0 Å². The van der Waals surface area contributed by atoms with Crippen LogP contribution in [0.15, 0.2) is 21.3 Å². The van der Waals surface area contributed by atoms with E-state index in [0.717, 1.165) is 31.7 Å². The molecule has 0 amide bonds. The van der Waals surface area contributed by atoms with Crippen molar-refractivity contribution in [3.8, 4) is 11.6 Å². The third-order valence-electron chi connectivity index (χ3n) is 4.96. The van der Waals surface area contributed by atoms with Crippen molar-refractivity contribution in [1.29, 1.82) is 0 Å². The molecule has 1 N–H and O–H groups in total. The van der Waals surface area contributed by atoms with Gasteiger partial charge in [0.2, 0.25) is 11.7 Å². The molecule has 0 spiro atoms. The first-order chi connectivity index (χ1) is 10.7. The highest BCUT2D eigenvalue weighted by molar-refractivity contribution is 5.53. The van der Waals surface area contributed by atoms with Crippen LogP contribution in [-0.4, -0.2) is 36.4 Å². The molecule has 0 bridgehead atoms. The first-order valence-corrected chi connectivity index (χ1v) is 7.91. The average Bonchev–Trinajstić information content (AvgIpc) is 3.24. The van der Waals surface area contributed by atoms with Gasteiger partial charge in [-0.25, -0.2) is 0 Å². The first-order valence-electron chi connectivity index (χ1n) is 7.91. The van der Waals surface area contributed by atoms with Crippen LogP contribution in [0.4, 0.5) is 0 Å². The van der Waals surface area contributed by atoms with Crippen molar-refractivity contribution in [2.45, 2.75) is 31.6 Å². The Labute approximate surface area is 129 Å². The van der Waals surface area contributed by atoms with Crippen molar-refractivity contribution in [1.82, 2.24) is 15.5 Å². The fourth-order valence-electron chi connectivity index (χ4n) is 3.62. The highest BCUT2D eigenvalue weighted by Gasteiger charge is 2.50. The zero-order valence-corrected chi connectivity index (χ0v) is 13.0. The third-order valence-corrected chi connectivity index (χ3v) is 4.96. The normalized spacial score (nSPS) is 28.2. The zero-order valence-electron chi connectivity index (χ0n) is 13.0. The summed E-state index contributed by atoms with van der Waals surface area (Å²) in [5.74, 6) is 2.77. The number of rotatable bonds is 3. The van der Waals surface area contributed by atoms with Gasteiger partial charge in [0.25, 0.3) is 0 Å². The highest BCUT2D eigenvalue weighted by atomic mass is 16.5. The zero-order chi connectivity index (χ0) is 15.2. The van der Waals surface area contributed by atoms with Crippen LogP contribution in [0.3, 0.4) is 0 Å². The molecule has 2 aromatic rings. The molecule has 0 aliphatic carbocycles. The molecular formula is C16H21N3O3. The van der Waals surface area contributed by atoms with Crippen molar-refractivity contribution in [3.05, 3.63) is 23.8 Å². The summed E-state index contributed by atoms with van der Waals surface area (Å²) in [4.78, 5) is 4.66. The summed E-state index contributed by atoms with van der Waals surface area (Å²) in [6.07, 6.45) is 2.71. The van der Waals surface area contributed by atoms with Crippen LogP contribution in [0.5, 0.6) is 0 Å². The Hall–Kier alpha value is -1.66. The molecule has 2 fully saturated rings. The number of nitrogens with one attached hydrogen (secondary N) is 1. The molecule has 4 rings (SSSR count). The van der Waals surface area contributed by atoms with Crippen LogP contribution in [0.25, 0.3) is 11.6 Å². The summed E-state index contributed by atoms with van der Waals surface area (Å²) >= 11 is 0. The second-order valence-electron chi connectivity index (χ2n) is 6.61. The smallest absolute Gasteiger partial charge is 0.238 e. The molecule has 2 saturated heterocycles. The van der Waals surface area contributed by atoms with Crippen LogP contribution >= 0.6 is 0 Å². The Morgan fingerprint density at radius 3 is 3.18 bits per heavy atom. The van der Waals surface area contributed by atoms with Gasteiger partial charge in [-0.15, -0.1) is 0 Å². The van der Waals surface area contributed by atoms with Gasteiger partial charge in [-0.3, -0.25) is 0 Å². The summed E-state index contributed by atoms with van der Waals surface area (Å²) < 4.78 is 16.9. The van der Waals surface area contributed by atoms with Crippen LogP contribution in [-0.2, 0) is 10.2 Å². The van der Waals surface area contributed by atoms with Crippen molar-refractivity contribution in [3.63, 3.8) is 0 Å². The maximum atomic E-state index is 5.71. The van der Waals surface area contributed by atoms with Crippen molar-refractivity contribution in [2.24, 2.45) is 5.92 Å². The number of furan rings is 1. The Bertz CT molecular complexity index is 663. The summed E-state index contributed by atoms with van der Waals surface area (Å²) in [6.45, 7) is 7.51.